The highest BCUT2D eigenvalue weighted by atomic mass is 35.5. The molecule has 0 unspecified atom stereocenters. The molecular weight excluding hydrogens is 272 g/mol. The number of carboxylic acids is 1. The lowest BCUT2D eigenvalue weighted by Gasteiger charge is -2.06. The van der Waals surface area contributed by atoms with E-state index < -0.39 is 11.9 Å². The van der Waals surface area contributed by atoms with Gasteiger partial charge in [0.25, 0.3) is 5.91 Å². The standard InChI is InChI=1S/C12H9ClN2O4/c1-6-4-10(15-19-6)11(16)14-9-3-2-7(12(17)18)5-8(9)13/h2-5H,1H3,(H,14,16)(H,17,18). The Morgan fingerprint density at radius 1 is 1.37 bits per heavy atom. The summed E-state index contributed by atoms with van der Waals surface area (Å²) in [6.45, 7) is 1.67. The minimum atomic E-state index is -1.09. The van der Waals surface area contributed by atoms with Gasteiger partial charge >= 0.3 is 5.97 Å². The van der Waals surface area contributed by atoms with Crippen LogP contribution in [-0.2, 0) is 0 Å². The predicted octanol–water partition coefficient (Wildman–Crippen LogP) is 2.59. The Kier molecular flexibility index (Phi) is 3.52. The first-order chi connectivity index (χ1) is 8.97. The van der Waals surface area contributed by atoms with Crippen LogP contribution in [-0.4, -0.2) is 22.1 Å². The quantitative estimate of drug-likeness (QED) is 0.901. The molecule has 1 heterocycles. The molecule has 7 heteroatoms. The minimum absolute atomic E-state index is 0.0419. The number of halogens is 1. The lowest BCUT2D eigenvalue weighted by Crippen LogP contribution is -2.12. The third-order valence-corrected chi connectivity index (χ3v) is 2.64. The highest BCUT2D eigenvalue weighted by Crippen LogP contribution is 2.23. The fraction of sp³-hybridized carbons (Fsp3) is 0.0833. The number of benzene rings is 1. The molecule has 2 N–H and O–H groups in total. The maximum absolute atomic E-state index is 11.8. The van der Waals surface area contributed by atoms with Crippen molar-refractivity contribution in [3.05, 3.63) is 46.3 Å². The topological polar surface area (TPSA) is 92.4 Å². The number of carbonyl (C=O) groups is 2. The third kappa shape index (κ3) is 2.92. The number of hydrogen-bond acceptors (Lipinski definition) is 4. The van der Waals surface area contributed by atoms with E-state index in [4.69, 9.17) is 21.2 Å². The zero-order valence-corrected chi connectivity index (χ0v) is 10.6. The number of carbonyl (C=O) groups excluding carboxylic acids is 1. The Bertz CT molecular complexity index is 651. The van der Waals surface area contributed by atoms with Gasteiger partial charge in [-0.2, -0.15) is 0 Å². The monoisotopic (exact) mass is 280 g/mol. The van der Waals surface area contributed by atoms with Crippen LogP contribution in [0.25, 0.3) is 0 Å². The largest absolute Gasteiger partial charge is 0.478 e. The van der Waals surface area contributed by atoms with Gasteiger partial charge in [-0.1, -0.05) is 16.8 Å². The Balaban J connectivity index is 2.20. The van der Waals surface area contributed by atoms with Crippen molar-refractivity contribution < 1.29 is 19.2 Å². The summed E-state index contributed by atoms with van der Waals surface area (Å²) in [6, 6.07) is 5.50. The third-order valence-electron chi connectivity index (χ3n) is 2.32. The number of amides is 1. The molecule has 1 aromatic heterocycles. The van der Waals surface area contributed by atoms with Crippen LogP contribution in [0.4, 0.5) is 5.69 Å². The molecule has 0 saturated carbocycles. The van der Waals surface area contributed by atoms with E-state index in [2.05, 4.69) is 10.5 Å². The van der Waals surface area contributed by atoms with Gasteiger partial charge in [0, 0.05) is 6.07 Å². The van der Waals surface area contributed by atoms with E-state index in [1.807, 2.05) is 0 Å². The Morgan fingerprint density at radius 2 is 2.11 bits per heavy atom. The van der Waals surface area contributed by atoms with Gasteiger partial charge < -0.3 is 14.9 Å². The predicted molar refractivity (Wildman–Crippen MR) is 67.6 cm³/mol. The number of hydrogen-bond donors (Lipinski definition) is 2. The van der Waals surface area contributed by atoms with Gasteiger partial charge in [-0.05, 0) is 25.1 Å². The van der Waals surface area contributed by atoms with Gasteiger partial charge in [0.1, 0.15) is 5.76 Å². The van der Waals surface area contributed by atoms with E-state index in [0.29, 0.717) is 11.4 Å². The van der Waals surface area contributed by atoms with Gasteiger partial charge in [-0.15, -0.1) is 0 Å². The molecule has 0 atom stereocenters. The van der Waals surface area contributed by atoms with Crippen molar-refractivity contribution in [1.82, 2.24) is 5.16 Å². The zero-order valence-electron chi connectivity index (χ0n) is 9.81. The van der Waals surface area contributed by atoms with Gasteiger partial charge in [0.15, 0.2) is 5.69 Å². The van der Waals surface area contributed by atoms with Crippen LogP contribution in [0.2, 0.25) is 5.02 Å². The van der Waals surface area contributed by atoms with Crippen LogP contribution in [0.15, 0.2) is 28.8 Å². The summed E-state index contributed by atoms with van der Waals surface area (Å²) in [5, 5.41) is 15.0. The molecule has 0 saturated heterocycles. The summed E-state index contributed by atoms with van der Waals surface area (Å²) in [5.41, 5.74) is 0.466. The number of carboxylic acid groups (broad SMARTS) is 1. The zero-order chi connectivity index (χ0) is 14.0. The SMILES string of the molecule is Cc1cc(C(=O)Nc2ccc(C(=O)O)cc2Cl)no1. The van der Waals surface area contributed by atoms with Crippen molar-refractivity contribution >= 4 is 29.2 Å². The second-order valence-corrected chi connectivity index (χ2v) is 4.18. The minimum Gasteiger partial charge on any atom is -0.478 e. The van der Waals surface area contributed by atoms with Crippen LogP contribution in [0.1, 0.15) is 26.6 Å². The van der Waals surface area contributed by atoms with Gasteiger partial charge in [0.2, 0.25) is 0 Å². The Hall–Kier alpha value is -2.34. The van der Waals surface area contributed by atoms with Gasteiger partial charge in [-0.25, -0.2) is 4.79 Å². The number of nitrogens with zero attached hydrogens (tertiary/aromatic N) is 1. The second-order valence-electron chi connectivity index (χ2n) is 3.78. The molecule has 0 fully saturated rings. The Morgan fingerprint density at radius 3 is 2.63 bits per heavy atom. The molecule has 2 rings (SSSR count). The summed E-state index contributed by atoms with van der Waals surface area (Å²) in [7, 11) is 0. The van der Waals surface area contributed by atoms with Crippen molar-refractivity contribution in [2.75, 3.05) is 5.32 Å². The van der Waals surface area contributed by atoms with Gasteiger partial charge in [0.05, 0.1) is 16.3 Å². The fourth-order valence-corrected chi connectivity index (χ4v) is 1.64. The number of rotatable bonds is 3. The van der Waals surface area contributed by atoms with Crippen molar-refractivity contribution in [1.29, 1.82) is 0 Å². The number of nitrogens with one attached hydrogen (secondary N) is 1. The highest BCUT2D eigenvalue weighted by Gasteiger charge is 2.13. The van der Waals surface area contributed by atoms with Crippen LogP contribution in [0, 0.1) is 6.92 Å². The summed E-state index contributed by atoms with van der Waals surface area (Å²) in [6.07, 6.45) is 0. The molecular formula is C12H9ClN2O4. The molecule has 0 aliphatic rings. The maximum Gasteiger partial charge on any atom is 0.335 e. The summed E-state index contributed by atoms with van der Waals surface area (Å²) < 4.78 is 4.78. The highest BCUT2D eigenvalue weighted by molar-refractivity contribution is 6.34. The molecule has 6 nitrogen and oxygen atoms in total. The summed E-state index contributed by atoms with van der Waals surface area (Å²) in [4.78, 5) is 22.5. The fourth-order valence-electron chi connectivity index (χ4n) is 1.41. The molecule has 2 aromatic rings. The van der Waals surface area contributed by atoms with Crippen LogP contribution >= 0.6 is 11.6 Å². The molecule has 0 aliphatic heterocycles. The van der Waals surface area contributed by atoms with Crippen molar-refractivity contribution in [2.24, 2.45) is 0 Å². The van der Waals surface area contributed by atoms with Crippen molar-refractivity contribution in [3.63, 3.8) is 0 Å². The number of anilines is 1. The van der Waals surface area contributed by atoms with E-state index in [-0.39, 0.29) is 16.3 Å². The van der Waals surface area contributed by atoms with E-state index in [0.717, 1.165) is 0 Å². The van der Waals surface area contributed by atoms with Crippen molar-refractivity contribution in [2.45, 2.75) is 6.92 Å². The van der Waals surface area contributed by atoms with Crippen LogP contribution in [0.3, 0.4) is 0 Å². The first-order valence-corrected chi connectivity index (χ1v) is 5.62. The average molecular weight is 281 g/mol. The number of aryl methyl sites for hydroxylation is 1. The van der Waals surface area contributed by atoms with E-state index in [1.54, 1.807) is 6.92 Å². The number of aromatic nitrogens is 1. The molecule has 1 amide bonds. The van der Waals surface area contributed by atoms with E-state index in [1.165, 1.54) is 24.3 Å². The van der Waals surface area contributed by atoms with Crippen molar-refractivity contribution in [3.8, 4) is 0 Å². The summed E-state index contributed by atoms with van der Waals surface area (Å²) in [5.74, 6) is -1.06. The summed E-state index contributed by atoms with van der Waals surface area (Å²) >= 11 is 5.89. The van der Waals surface area contributed by atoms with Gasteiger partial charge in [-0.3, -0.25) is 4.79 Å². The average Bonchev–Trinajstić information content (AvgIpc) is 2.78. The molecule has 0 radical (unpaired) electrons. The molecule has 19 heavy (non-hydrogen) atoms. The lowest BCUT2D eigenvalue weighted by atomic mass is 10.2. The molecule has 0 spiro atoms. The number of aromatic carboxylic acids is 1. The van der Waals surface area contributed by atoms with E-state index in [9.17, 15) is 9.59 Å². The first-order valence-electron chi connectivity index (χ1n) is 5.25. The lowest BCUT2D eigenvalue weighted by molar-refractivity contribution is 0.0696. The Labute approximate surface area is 113 Å². The van der Waals surface area contributed by atoms with E-state index >= 15 is 0 Å². The smallest absolute Gasteiger partial charge is 0.335 e. The van der Waals surface area contributed by atoms with Crippen LogP contribution in [0.5, 0.6) is 0 Å². The molecule has 1 aromatic carbocycles. The molecule has 98 valence electrons. The first kappa shape index (κ1) is 13.1. The normalized spacial score (nSPS) is 10.2. The maximum atomic E-state index is 11.8. The van der Waals surface area contributed by atoms with Crippen LogP contribution < -0.4 is 5.32 Å². The molecule has 0 aliphatic carbocycles. The molecule has 0 bridgehead atoms. The second kappa shape index (κ2) is 5.11.